The second-order valence-electron chi connectivity index (χ2n) is 16.8. The highest BCUT2D eigenvalue weighted by atomic mass is 16.5. The van der Waals surface area contributed by atoms with Crippen LogP contribution in [0, 0.1) is 0 Å². The van der Waals surface area contributed by atoms with Crippen LogP contribution < -0.4 is 14.5 Å². The van der Waals surface area contributed by atoms with Crippen molar-refractivity contribution in [2.45, 2.75) is 12.3 Å². The molecule has 0 radical (unpaired) electrons. The Labute approximate surface area is 380 Å². The zero-order valence-corrected chi connectivity index (χ0v) is 35.8. The van der Waals surface area contributed by atoms with E-state index in [4.69, 9.17) is 4.74 Å². The predicted molar refractivity (Wildman–Crippen MR) is 273 cm³/mol. The van der Waals surface area contributed by atoms with Gasteiger partial charge in [-0.3, -0.25) is 0 Å². The van der Waals surface area contributed by atoms with E-state index in [0.29, 0.717) is 5.92 Å². The van der Waals surface area contributed by atoms with E-state index in [1.807, 2.05) is 0 Å². The summed E-state index contributed by atoms with van der Waals surface area (Å²) in [5.74, 6) is 2.01. The minimum Gasteiger partial charge on any atom is -0.454 e. The minimum atomic E-state index is 0.363. The zero-order chi connectivity index (χ0) is 43.1. The van der Waals surface area contributed by atoms with Gasteiger partial charge in [0.2, 0.25) is 0 Å². The Kier molecular flexibility index (Phi) is 9.65. The first-order valence-electron chi connectivity index (χ1n) is 22.4. The van der Waals surface area contributed by atoms with Gasteiger partial charge in [0.05, 0.1) is 17.1 Å². The van der Waals surface area contributed by atoms with Crippen molar-refractivity contribution in [3.05, 3.63) is 254 Å². The lowest BCUT2D eigenvalue weighted by atomic mass is 9.92. The predicted octanol–water partition coefficient (Wildman–Crippen LogP) is 17.6. The summed E-state index contributed by atoms with van der Waals surface area (Å²) in [4.78, 5) is 4.73. The maximum absolute atomic E-state index is 7.36. The summed E-state index contributed by atoms with van der Waals surface area (Å²) < 4.78 is 7.36. The largest absolute Gasteiger partial charge is 0.454 e. The molecule has 1 aliphatic carbocycles. The summed E-state index contributed by atoms with van der Waals surface area (Å²) in [5, 5.41) is 4.59. The summed E-state index contributed by atoms with van der Waals surface area (Å²) in [6, 6.07) is 81.0. The number of rotatable bonds is 9. The van der Waals surface area contributed by atoms with Crippen LogP contribution in [0.3, 0.4) is 0 Å². The molecule has 3 nitrogen and oxygen atoms in total. The first-order chi connectivity index (χ1) is 32.2. The number of anilines is 6. The SMILES string of the molecule is C1=CCC(c2ccc(N(c3ccc(-c4ccccc4)cc3)c3cccc4c3Oc3cc(N(c5ccc(-c6ccccc6)cc5)c5cccc6ccccc56)cc5cccc-4c35)cc2)C=C1. The van der Waals surface area contributed by atoms with Crippen LogP contribution in [0.15, 0.2) is 249 Å². The van der Waals surface area contributed by atoms with Crippen molar-refractivity contribution >= 4 is 55.7 Å². The van der Waals surface area contributed by atoms with Gasteiger partial charge < -0.3 is 14.5 Å². The molecule has 10 aromatic carbocycles. The number of ether oxygens (including phenoxy) is 1. The average Bonchev–Trinajstić information content (AvgIpc) is 3.38. The molecular weight excluding hydrogens is 789 g/mol. The van der Waals surface area contributed by atoms with Gasteiger partial charge in [0.15, 0.2) is 5.75 Å². The third-order valence-electron chi connectivity index (χ3n) is 13.0. The van der Waals surface area contributed by atoms with Crippen LogP contribution in [-0.2, 0) is 0 Å². The van der Waals surface area contributed by atoms with Gasteiger partial charge in [-0.2, -0.15) is 0 Å². The fourth-order valence-corrected chi connectivity index (χ4v) is 9.76. The molecule has 0 fully saturated rings. The number of fused-ring (bicyclic) bond motifs is 3. The van der Waals surface area contributed by atoms with Gasteiger partial charge in [0.25, 0.3) is 0 Å². The minimum absolute atomic E-state index is 0.363. The van der Waals surface area contributed by atoms with E-state index in [2.05, 4.69) is 259 Å². The quantitative estimate of drug-likeness (QED) is 0.144. The number of nitrogens with zero attached hydrogens (tertiary/aromatic N) is 2. The summed E-state index contributed by atoms with van der Waals surface area (Å²) in [7, 11) is 0. The molecule has 1 heterocycles. The number of allylic oxidation sites excluding steroid dienone is 4. The summed E-state index contributed by atoms with van der Waals surface area (Å²) in [6.07, 6.45) is 9.84. The lowest BCUT2D eigenvalue weighted by Crippen LogP contribution is -2.13. The van der Waals surface area contributed by atoms with E-state index >= 15 is 0 Å². The van der Waals surface area contributed by atoms with Crippen LogP contribution >= 0.6 is 0 Å². The van der Waals surface area contributed by atoms with Crippen molar-refractivity contribution in [2.24, 2.45) is 0 Å². The number of para-hydroxylation sites is 1. The molecule has 1 unspecified atom stereocenters. The molecule has 0 saturated heterocycles. The Morgan fingerprint density at radius 2 is 0.938 bits per heavy atom. The first kappa shape index (κ1) is 38.3. The Balaban J connectivity index is 1.01. The third-order valence-corrected chi connectivity index (χ3v) is 13.0. The molecule has 10 aromatic rings. The van der Waals surface area contributed by atoms with Crippen LogP contribution in [0.5, 0.6) is 11.5 Å². The highest BCUT2D eigenvalue weighted by Gasteiger charge is 2.28. The zero-order valence-electron chi connectivity index (χ0n) is 35.8. The maximum atomic E-state index is 7.36. The van der Waals surface area contributed by atoms with E-state index in [0.717, 1.165) is 73.9 Å². The topological polar surface area (TPSA) is 15.7 Å². The number of hydrogen-bond acceptors (Lipinski definition) is 3. The first-order valence-corrected chi connectivity index (χ1v) is 22.4. The van der Waals surface area contributed by atoms with Crippen molar-refractivity contribution in [1.29, 1.82) is 0 Å². The van der Waals surface area contributed by atoms with Crippen molar-refractivity contribution in [1.82, 2.24) is 0 Å². The molecule has 1 atom stereocenters. The van der Waals surface area contributed by atoms with Gasteiger partial charge in [0, 0.05) is 45.4 Å². The lowest BCUT2D eigenvalue weighted by molar-refractivity contribution is 0.488. The van der Waals surface area contributed by atoms with E-state index in [-0.39, 0.29) is 0 Å². The molecule has 2 aliphatic rings. The van der Waals surface area contributed by atoms with Crippen molar-refractivity contribution in [3.8, 4) is 44.9 Å². The van der Waals surface area contributed by atoms with Crippen LogP contribution in [-0.4, -0.2) is 0 Å². The van der Waals surface area contributed by atoms with Gasteiger partial charge in [-0.05, 0) is 105 Å². The molecule has 0 bridgehead atoms. The molecule has 12 rings (SSSR count). The van der Waals surface area contributed by atoms with Crippen LogP contribution in [0.4, 0.5) is 34.1 Å². The molecule has 308 valence electrons. The molecule has 65 heavy (non-hydrogen) atoms. The molecule has 0 N–H and O–H groups in total. The van der Waals surface area contributed by atoms with Gasteiger partial charge in [0.1, 0.15) is 5.75 Å². The Bertz CT molecular complexity index is 3400. The van der Waals surface area contributed by atoms with Gasteiger partial charge in [-0.25, -0.2) is 0 Å². The molecule has 0 spiro atoms. The van der Waals surface area contributed by atoms with E-state index in [1.54, 1.807) is 0 Å². The molecular formula is C62H44N2O. The second-order valence-corrected chi connectivity index (χ2v) is 16.8. The highest BCUT2D eigenvalue weighted by molar-refractivity contribution is 6.08. The van der Waals surface area contributed by atoms with Crippen molar-refractivity contribution in [3.63, 3.8) is 0 Å². The smallest absolute Gasteiger partial charge is 0.159 e. The highest BCUT2D eigenvalue weighted by Crippen LogP contribution is 2.54. The normalized spacial score (nSPS) is 13.6. The van der Waals surface area contributed by atoms with Crippen molar-refractivity contribution < 1.29 is 4.74 Å². The van der Waals surface area contributed by atoms with Crippen LogP contribution in [0.1, 0.15) is 17.9 Å². The molecule has 0 amide bonds. The van der Waals surface area contributed by atoms with Crippen molar-refractivity contribution in [2.75, 3.05) is 9.80 Å². The third kappa shape index (κ3) is 7.04. The number of benzene rings is 10. The Morgan fingerprint density at radius 3 is 1.62 bits per heavy atom. The van der Waals surface area contributed by atoms with Gasteiger partial charge in [-0.15, -0.1) is 0 Å². The molecule has 1 aliphatic heterocycles. The van der Waals surface area contributed by atoms with Gasteiger partial charge >= 0.3 is 0 Å². The summed E-state index contributed by atoms with van der Waals surface area (Å²) in [6.45, 7) is 0. The summed E-state index contributed by atoms with van der Waals surface area (Å²) in [5.41, 5.74) is 14.5. The standard InChI is InChI=1S/C62H44N2O/c1-4-15-43(16-5-1)46-29-35-51(36-30-46)63(52-37-31-47(32-38-52)44-17-6-2-7-18-44)59-28-14-26-57-56-25-12-23-50-41-54(42-60(61(50)56)65-62(57)59)64(58-27-13-22-49-21-10-11-24-55(49)58)53-39-33-48(34-40-53)45-19-8-3-9-20-45/h1-17,19-42,44H,18H2. The Hall–Kier alpha value is -8.40. The molecule has 0 saturated carbocycles. The fraction of sp³-hybridized carbons (Fsp3) is 0.0323. The maximum Gasteiger partial charge on any atom is 0.159 e. The second kappa shape index (κ2) is 16.4. The monoisotopic (exact) mass is 832 g/mol. The van der Waals surface area contributed by atoms with E-state index < -0.39 is 0 Å². The molecule has 3 heteroatoms. The Morgan fingerprint density at radius 1 is 0.400 bits per heavy atom. The van der Waals surface area contributed by atoms with E-state index in [9.17, 15) is 0 Å². The summed E-state index contributed by atoms with van der Waals surface area (Å²) >= 11 is 0. The van der Waals surface area contributed by atoms with Gasteiger partial charge in [-0.1, -0.05) is 188 Å². The van der Waals surface area contributed by atoms with Crippen LogP contribution in [0.25, 0.3) is 54.9 Å². The fourth-order valence-electron chi connectivity index (χ4n) is 9.76. The van der Waals surface area contributed by atoms with Crippen LogP contribution in [0.2, 0.25) is 0 Å². The number of hydrogen-bond donors (Lipinski definition) is 0. The van der Waals surface area contributed by atoms with E-state index in [1.165, 1.54) is 38.6 Å². The molecule has 0 aromatic heterocycles. The average molecular weight is 833 g/mol. The lowest BCUT2D eigenvalue weighted by Gasteiger charge is -2.32.